The van der Waals surface area contributed by atoms with Gasteiger partial charge in [-0.3, -0.25) is 4.79 Å². The number of rotatable bonds is 9. The van der Waals surface area contributed by atoms with Gasteiger partial charge in [0, 0.05) is 17.5 Å². The highest BCUT2D eigenvalue weighted by atomic mass is 16.5. The third-order valence-corrected chi connectivity index (χ3v) is 4.54. The number of benzene rings is 3. The van der Waals surface area contributed by atoms with Gasteiger partial charge in [-0.1, -0.05) is 60.7 Å². The zero-order chi connectivity index (χ0) is 19.8. The number of ether oxygens (including phenoxy) is 1. The number of carbonyl (C=O) groups excluding carboxylic acids is 2. The van der Waals surface area contributed by atoms with Crippen LogP contribution in [0.2, 0.25) is 0 Å². The van der Waals surface area contributed by atoms with Crippen molar-refractivity contribution in [1.82, 2.24) is 0 Å². The lowest BCUT2D eigenvalue weighted by Crippen LogP contribution is -2.24. The highest BCUT2D eigenvalue weighted by Gasteiger charge is 2.21. The molecule has 0 saturated heterocycles. The summed E-state index contributed by atoms with van der Waals surface area (Å²) in [5, 5.41) is 10.9. The maximum absolute atomic E-state index is 13.0. The van der Waals surface area contributed by atoms with Crippen LogP contribution in [0.5, 0.6) is 5.75 Å². The molecular weight excluding hydrogens is 352 g/mol. The van der Waals surface area contributed by atoms with E-state index in [-0.39, 0.29) is 18.6 Å². The van der Waals surface area contributed by atoms with Crippen LogP contribution in [-0.4, -0.2) is 11.8 Å². The van der Waals surface area contributed by atoms with Crippen molar-refractivity contribution in [2.75, 3.05) is 0 Å². The lowest BCUT2D eigenvalue weighted by Gasteiger charge is -2.17. The minimum absolute atomic E-state index is 0.109. The van der Waals surface area contributed by atoms with Crippen LogP contribution in [0.25, 0.3) is 0 Å². The van der Waals surface area contributed by atoms with E-state index in [1.54, 1.807) is 24.3 Å². The average Bonchev–Trinajstić information content (AvgIpc) is 2.74. The lowest BCUT2D eigenvalue weighted by molar-refractivity contribution is -0.305. The fraction of sp³-hybridized carbons (Fsp3) is 0.167. The van der Waals surface area contributed by atoms with E-state index < -0.39 is 11.9 Å². The van der Waals surface area contributed by atoms with Crippen LogP contribution in [0, 0.1) is 0 Å². The monoisotopic (exact) mass is 373 g/mol. The highest BCUT2D eigenvalue weighted by Crippen LogP contribution is 2.26. The Morgan fingerprint density at radius 1 is 0.821 bits per heavy atom. The summed E-state index contributed by atoms with van der Waals surface area (Å²) in [6.45, 7) is 0.451. The summed E-state index contributed by atoms with van der Waals surface area (Å²) in [4.78, 5) is 23.9. The molecule has 0 amide bonds. The molecule has 0 heterocycles. The van der Waals surface area contributed by atoms with Gasteiger partial charge in [0.1, 0.15) is 12.4 Å². The summed E-state index contributed by atoms with van der Waals surface area (Å²) in [7, 11) is 0. The molecule has 0 spiro atoms. The molecule has 1 unspecified atom stereocenters. The molecule has 142 valence electrons. The Morgan fingerprint density at radius 3 is 2.04 bits per heavy atom. The topological polar surface area (TPSA) is 66.4 Å². The predicted octanol–water partition coefficient (Wildman–Crippen LogP) is 3.76. The van der Waals surface area contributed by atoms with Crippen molar-refractivity contribution in [2.24, 2.45) is 0 Å². The first-order valence-corrected chi connectivity index (χ1v) is 9.19. The van der Waals surface area contributed by atoms with Gasteiger partial charge in [0.2, 0.25) is 0 Å². The Hall–Kier alpha value is -3.40. The minimum atomic E-state index is -1.15. The van der Waals surface area contributed by atoms with Crippen LogP contribution in [0.3, 0.4) is 0 Å². The van der Waals surface area contributed by atoms with E-state index >= 15 is 0 Å². The van der Waals surface area contributed by atoms with Crippen molar-refractivity contribution >= 4 is 11.8 Å². The Kier molecular flexibility index (Phi) is 6.58. The van der Waals surface area contributed by atoms with E-state index in [1.807, 2.05) is 60.7 Å². The van der Waals surface area contributed by atoms with Gasteiger partial charge in [-0.2, -0.15) is 0 Å². The first kappa shape index (κ1) is 19.4. The number of hydrogen-bond acceptors (Lipinski definition) is 4. The normalized spacial score (nSPS) is 11.6. The number of Topliss-reactive ketones (excluding diaryl/α,β-unsaturated/α-hetero) is 1. The molecule has 0 bridgehead atoms. The third-order valence-electron chi connectivity index (χ3n) is 4.54. The Balaban J connectivity index is 1.71. The summed E-state index contributed by atoms with van der Waals surface area (Å²) in [5.41, 5.74) is 2.39. The Labute approximate surface area is 164 Å². The maximum Gasteiger partial charge on any atom is 0.170 e. The first-order valence-electron chi connectivity index (χ1n) is 9.19. The van der Waals surface area contributed by atoms with Crippen LogP contribution in [0.15, 0.2) is 84.9 Å². The van der Waals surface area contributed by atoms with Gasteiger partial charge in [-0.25, -0.2) is 0 Å². The fourth-order valence-electron chi connectivity index (χ4n) is 3.05. The number of carboxylic acid groups (broad SMARTS) is 1. The van der Waals surface area contributed by atoms with Gasteiger partial charge in [-0.05, 0) is 48.2 Å². The zero-order valence-corrected chi connectivity index (χ0v) is 15.4. The van der Waals surface area contributed by atoms with E-state index in [2.05, 4.69) is 0 Å². The molecule has 0 aliphatic rings. The molecule has 0 aromatic heterocycles. The molecule has 0 fully saturated rings. The van der Waals surface area contributed by atoms with Gasteiger partial charge in [0.05, 0.1) is 0 Å². The number of aliphatic carboxylic acids is 1. The van der Waals surface area contributed by atoms with Crippen molar-refractivity contribution < 1.29 is 19.4 Å². The SMILES string of the molecule is O=C([O-])CCC(C(=O)c1ccc(OCc2ccccc2)cc1)c1ccccc1. The van der Waals surface area contributed by atoms with Crippen LogP contribution >= 0.6 is 0 Å². The van der Waals surface area contributed by atoms with Crippen molar-refractivity contribution in [3.8, 4) is 5.75 Å². The Morgan fingerprint density at radius 2 is 1.43 bits per heavy atom. The van der Waals surface area contributed by atoms with Crippen LogP contribution in [0.4, 0.5) is 0 Å². The number of ketones is 1. The third kappa shape index (κ3) is 5.30. The van der Waals surface area contributed by atoms with Crippen molar-refractivity contribution in [3.63, 3.8) is 0 Å². The number of hydrogen-bond donors (Lipinski definition) is 0. The van der Waals surface area contributed by atoms with E-state index in [0.29, 0.717) is 17.9 Å². The second-order valence-corrected chi connectivity index (χ2v) is 6.54. The van der Waals surface area contributed by atoms with Crippen molar-refractivity contribution in [3.05, 3.63) is 102 Å². The largest absolute Gasteiger partial charge is 0.550 e. The molecule has 3 aromatic rings. The molecule has 3 rings (SSSR count). The summed E-state index contributed by atoms with van der Waals surface area (Å²) in [5.74, 6) is -1.11. The summed E-state index contributed by atoms with van der Waals surface area (Å²) >= 11 is 0. The average molecular weight is 373 g/mol. The van der Waals surface area contributed by atoms with E-state index in [0.717, 1.165) is 11.1 Å². The maximum atomic E-state index is 13.0. The molecule has 0 aliphatic carbocycles. The minimum Gasteiger partial charge on any atom is -0.550 e. The van der Waals surface area contributed by atoms with Gasteiger partial charge in [-0.15, -0.1) is 0 Å². The smallest absolute Gasteiger partial charge is 0.170 e. The van der Waals surface area contributed by atoms with Crippen molar-refractivity contribution in [1.29, 1.82) is 0 Å². The predicted molar refractivity (Wildman–Crippen MR) is 105 cm³/mol. The number of carbonyl (C=O) groups is 2. The van der Waals surface area contributed by atoms with E-state index in [1.165, 1.54) is 0 Å². The lowest BCUT2D eigenvalue weighted by atomic mass is 9.87. The number of carboxylic acids is 1. The van der Waals surface area contributed by atoms with Gasteiger partial charge in [0.25, 0.3) is 0 Å². The summed E-state index contributed by atoms with van der Waals surface area (Å²) in [6, 6.07) is 26.0. The van der Waals surface area contributed by atoms with Crippen LogP contribution < -0.4 is 9.84 Å². The van der Waals surface area contributed by atoms with Crippen LogP contribution in [-0.2, 0) is 11.4 Å². The first-order chi connectivity index (χ1) is 13.6. The van der Waals surface area contributed by atoms with Gasteiger partial charge < -0.3 is 14.6 Å². The molecule has 1 atom stereocenters. The molecule has 0 saturated carbocycles. The molecule has 4 heteroatoms. The zero-order valence-electron chi connectivity index (χ0n) is 15.4. The molecule has 3 aromatic carbocycles. The quantitative estimate of drug-likeness (QED) is 0.536. The molecule has 0 N–H and O–H groups in total. The molecule has 4 nitrogen and oxygen atoms in total. The Bertz CT molecular complexity index is 902. The highest BCUT2D eigenvalue weighted by molar-refractivity contribution is 6.01. The summed E-state index contributed by atoms with van der Waals surface area (Å²) in [6.07, 6.45) is 0.0427. The molecule has 0 radical (unpaired) electrons. The van der Waals surface area contributed by atoms with Gasteiger partial charge in [0.15, 0.2) is 5.78 Å². The van der Waals surface area contributed by atoms with Crippen LogP contribution in [0.1, 0.15) is 40.2 Å². The van der Waals surface area contributed by atoms with E-state index in [4.69, 9.17) is 4.74 Å². The molecule has 28 heavy (non-hydrogen) atoms. The standard InChI is InChI=1S/C24H22O4/c25-23(26)16-15-22(19-9-5-2-6-10-19)24(27)20-11-13-21(14-12-20)28-17-18-7-3-1-4-8-18/h1-14,22H,15-17H2,(H,25,26)/p-1. The molecular formula is C24H21O4-. The second kappa shape index (κ2) is 9.51. The van der Waals surface area contributed by atoms with E-state index in [9.17, 15) is 14.7 Å². The second-order valence-electron chi connectivity index (χ2n) is 6.54. The summed E-state index contributed by atoms with van der Waals surface area (Å²) < 4.78 is 5.75. The molecule has 0 aliphatic heterocycles. The van der Waals surface area contributed by atoms with Crippen molar-refractivity contribution in [2.45, 2.75) is 25.4 Å². The fourth-order valence-corrected chi connectivity index (χ4v) is 3.05. The van der Waals surface area contributed by atoms with Gasteiger partial charge >= 0.3 is 0 Å².